The molecule has 2 aliphatic rings. The molecule has 2 N–H and O–H groups in total. The maximum atomic E-state index is 13.7. The van der Waals surface area contributed by atoms with Crippen LogP contribution in [0.3, 0.4) is 0 Å². The summed E-state index contributed by atoms with van der Waals surface area (Å²) in [5.74, 6) is -0.729. The number of hydrogen-bond acceptors (Lipinski definition) is 6. The maximum Gasteiger partial charge on any atom is 0.292 e. The molecule has 10 heteroatoms. The Hall–Kier alpha value is -3.53. The van der Waals surface area contributed by atoms with E-state index in [0.717, 1.165) is 29.5 Å². The second-order valence-electron chi connectivity index (χ2n) is 8.81. The van der Waals surface area contributed by atoms with Gasteiger partial charge in [-0.2, -0.15) is 0 Å². The average Bonchev–Trinajstić information content (AvgIpc) is 3.25. The molecule has 0 saturated heterocycles. The Balaban J connectivity index is 1.51. The van der Waals surface area contributed by atoms with E-state index in [-0.39, 0.29) is 12.4 Å². The van der Waals surface area contributed by atoms with Crippen LogP contribution >= 0.6 is 0 Å². The predicted molar refractivity (Wildman–Crippen MR) is 115 cm³/mol. The molecule has 0 radical (unpaired) electrons. The summed E-state index contributed by atoms with van der Waals surface area (Å²) in [6.45, 7) is 1.58. The van der Waals surface area contributed by atoms with Crippen LogP contribution in [0.2, 0.25) is 0 Å². The molecule has 1 aromatic carbocycles. The molecule has 1 amide bonds. The molecule has 2 atom stereocenters. The van der Waals surface area contributed by atoms with Gasteiger partial charge < -0.3 is 23.8 Å². The van der Waals surface area contributed by atoms with Gasteiger partial charge in [0.05, 0.1) is 12.0 Å². The van der Waals surface area contributed by atoms with Gasteiger partial charge in [-0.3, -0.25) is 4.79 Å². The van der Waals surface area contributed by atoms with E-state index in [4.69, 9.17) is 8.83 Å². The number of hydrogen-bond donors (Lipinski definition) is 2. The minimum absolute atomic E-state index is 0.243. The van der Waals surface area contributed by atoms with Gasteiger partial charge in [0, 0.05) is 29.6 Å². The van der Waals surface area contributed by atoms with Gasteiger partial charge in [0.25, 0.3) is 12.3 Å². The topological polar surface area (TPSA) is 108 Å². The summed E-state index contributed by atoms with van der Waals surface area (Å²) in [4.78, 5) is 26.4. The Morgan fingerprint density at radius 1 is 1.26 bits per heavy atom. The third kappa shape index (κ3) is 3.24. The lowest BCUT2D eigenvalue weighted by molar-refractivity contribution is 0.0616. The first-order valence-electron chi connectivity index (χ1n) is 11.2. The zero-order chi connectivity index (χ0) is 23.6. The third-order valence-corrected chi connectivity index (χ3v) is 6.51. The zero-order valence-electron chi connectivity index (χ0n) is 18.3. The van der Waals surface area contributed by atoms with E-state index < -0.39 is 35.9 Å². The van der Waals surface area contributed by atoms with Gasteiger partial charge in [-0.05, 0) is 31.7 Å². The first kappa shape index (κ1) is 21.0. The number of aromatic nitrogens is 3. The Bertz CT molecular complexity index is 1380. The minimum Gasteiger partial charge on any atom is -0.458 e. The van der Waals surface area contributed by atoms with Gasteiger partial charge >= 0.3 is 0 Å². The molecular formula is C24H22F2N4O4. The van der Waals surface area contributed by atoms with E-state index in [1.54, 1.807) is 6.33 Å². The zero-order valence-corrected chi connectivity index (χ0v) is 18.3. The number of nitrogens with zero attached hydrogens (tertiary/aromatic N) is 3. The Labute approximate surface area is 192 Å². The van der Waals surface area contributed by atoms with Crippen LogP contribution in [0.25, 0.3) is 11.0 Å². The van der Waals surface area contributed by atoms with E-state index in [1.165, 1.54) is 11.8 Å². The second kappa shape index (κ2) is 7.76. The van der Waals surface area contributed by atoms with Crippen molar-refractivity contribution in [1.29, 1.82) is 0 Å². The molecule has 0 spiro atoms. The van der Waals surface area contributed by atoms with Crippen LogP contribution in [0.4, 0.5) is 8.78 Å². The van der Waals surface area contributed by atoms with Crippen molar-refractivity contribution in [3.8, 4) is 0 Å². The Kier molecular flexibility index (Phi) is 4.80. The number of aliphatic hydroxyl groups is 1. The fourth-order valence-corrected chi connectivity index (χ4v) is 4.80. The Morgan fingerprint density at radius 2 is 2.06 bits per heavy atom. The number of carbonyl (C=O) groups excluding carboxylic acids is 1. The molecule has 1 saturated carbocycles. The third-order valence-electron chi connectivity index (χ3n) is 6.51. The first-order chi connectivity index (χ1) is 16.4. The van der Waals surface area contributed by atoms with Gasteiger partial charge in [-0.25, -0.2) is 18.7 Å². The number of alkyl halides is 2. The molecule has 1 aliphatic heterocycles. The van der Waals surface area contributed by atoms with Crippen molar-refractivity contribution in [1.82, 2.24) is 19.9 Å². The quantitative estimate of drug-likeness (QED) is 0.436. The molecular weight excluding hydrogens is 446 g/mol. The summed E-state index contributed by atoms with van der Waals surface area (Å²) in [5.41, 5.74) is 2.45. The number of rotatable bonds is 5. The number of H-pyrrole nitrogens is 1. The maximum absolute atomic E-state index is 13.7. The summed E-state index contributed by atoms with van der Waals surface area (Å²) >= 11 is 0. The number of oxazole rings is 1. The number of fused-ring (bicyclic) bond motifs is 2. The monoisotopic (exact) mass is 468 g/mol. The van der Waals surface area contributed by atoms with Crippen molar-refractivity contribution < 1.29 is 27.5 Å². The summed E-state index contributed by atoms with van der Waals surface area (Å²) in [6.07, 6.45) is -0.202. The molecule has 8 nitrogen and oxygen atoms in total. The molecule has 1 fully saturated rings. The van der Waals surface area contributed by atoms with Crippen LogP contribution in [0, 0.1) is 0 Å². The molecule has 4 aromatic rings. The van der Waals surface area contributed by atoms with Gasteiger partial charge in [-0.1, -0.05) is 18.2 Å². The molecule has 3 aromatic heterocycles. The molecule has 4 heterocycles. The van der Waals surface area contributed by atoms with Gasteiger partial charge in [0.1, 0.15) is 23.5 Å². The van der Waals surface area contributed by atoms with Gasteiger partial charge in [0.15, 0.2) is 5.69 Å². The molecule has 0 unspecified atom stereocenters. The van der Waals surface area contributed by atoms with E-state index >= 15 is 0 Å². The van der Waals surface area contributed by atoms with E-state index in [1.807, 2.05) is 24.3 Å². The summed E-state index contributed by atoms with van der Waals surface area (Å²) in [7, 11) is 0. The van der Waals surface area contributed by atoms with Crippen molar-refractivity contribution >= 4 is 16.9 Å². The standard InChI is InChI=1S/C24H22F2N4O4/c1-11(31)23-29-18(22(25)26)21(34-23)24(32)30-9-8-14-17(28-10-27-14)19(30)20-16(12-6-7-12)13-4-2-3-5-15(13)33-20/h2-5,10-12,19,22,31H,6-9H2,1H3,(H,27,28)/t11-,19-/m1/s1. The number of halogens is 2. The number of para-hydroxylation sites is 1. The van der Waals surface area contributed by atoms with Crippen LogP contribution in [-0.4, -0.2) is 37.4 Å². The largest absolute Gasteiger partial charge is 0.458 e. The number of nitrogens with one attached hydrogen (secondary N) is 1. The number of amides is 1. The number of benzene rings is 1. The van der Waals surface area contributed by atoms with Crippen molar-refractivity contribution in [2.24, 2.45) is 0 Å². The SMILES string of the molecule is C[C@@H](O)c1nc(C(F)F)c(C(=O)N2CCc3[nH]cnc3[C@@H]2c2oc3ccccc3c2C2CC2)o1. The van der Waals surface area contributed by atoms with Crippen LogP contribution in [0.1, 0.15) is 89.1 Å². The average molecular weight is 468 g/mol. The number of furan rings is 1. The number of carbonyl (C=O) groups is 1. The number of aromatic amines is 1. The van der Waals surface area contributed by atoms with Crippen LogP contribution < -0.4 is 0 Å². The highest BCUT2D eigenvalue weighted by atomic mass is 19.3. The minimum atomic E-state index is -3.03. The van der Waals surface area contributed by atoms with Crippen molar-refractivity contribution in [2.75, 3.05) is 6.54 Å². The molecule has 0 bridgehead atoms. The second-order valence-corrected chi connectivity index (χ2v) is 8.81. The number of aliphatic hydroxyl groups excluding tert-OH is 1. The van der Waals surface area contributed by atoms with Crippen molar-refractivity contribution in [3.63, 3.8) is 0 Å². The van der Waals surface area contributed by atoms with Crippen molar-refractivity contribution in [3.05, 3.63) is 70.6 Å². The normalized spacial score (nSPS) is 19.1. The van der Waals surface area contributed by atoms with Crippen molar-refractivity contribution in [2.45, 2.75) is 50.7 Å². The highest BCUT2D eigenvalue weighted by Gasteiger charge is 2.43. The lowest BCUT2D eigenvalue weighted by atomic mass is 9.94. The fraction of sp³-hybridized carbons (Fsp3) is 0.375. The Morgan fingerprint density at radius 3 is 2.79 bits per heavy atom. The predicted octanol–water partition coefficient (Wildman–Crippen LogP) is 4.80. The highest BCUT2D eigenvalue weighted by Crippen LogP contribution is 2.50. The lowest BCUT2D eigenvalue weighted by Crippen LogP contribution is -2.41. The fourth-order valence-electron chi connectivity index (χ4n) is 4.80. The molecule has 6 rings (SSSR count). The first-order valence-corrected chi connectivity index (χ1v) is 11.2. The molecule has 34 heavy (non-hydrogen) atoms. The summed E-state index contributed by atoms with van der Waals surface area (Å²) in [6, 6.07) is 6.99. The van der Waals surface area contributed by atoms with Gasteiger partial charge in [-0.15, -0.1) is 0 Å². The van der Waals surface area contributed by atoms with Crippen LogP contribution in [-0.2, 0) is 6.42 Å². The van der Waals surface area contributed by atoms with E-state index in [2.05, 4.69) is 15.0 Å². The van der Waals surface area contributed by atoms with E-state index in [0.29, 0.717) is 29.4 Å². The van der Waals surface area contributed by atoms with Crippen LogP contribution in [0.15, 0.2) is 39.4 Å². The smallest absolute Gasteiger partial charge is 0.292 e. The van der Waals surface area contributed by atoms with E-state index in [9.17, 15) is 18.7 Å². The lowest BCUT2D eigenvalue weighted by Gasteiger charge is -2.33. The van der Waals surface area contributed by atoms with Gasteiger partial charge in [0.2, 0.25) is 11.7 Å². The number of imidazole rings is 1. The molecule has 176 valence electrons. The molecule has 1 aliphatic carbocycles. The highest BCUT2D eigenvalue weighted by molar-refractivity contribution is 5.93. The summed E-state index contributed by atoms with van der Waals surface area (Å²) in [5, 5.41) is 10.8. The summed E-state index contributed by atoms with van der Waals surface area (Å²) < 4.78 is 39.2. The van der Waals surface area contributed by atoms with Crippen LogP contribution in [0.5, 0.6) is 0 Å².